The Balaban J connectivity index is 1.99. The van der Waals surface area contributed by atoms with Crippen LogP contribution in [0.3, 0.4) is 0 Å². The number of nitrogens with one attached hydrogen (secondary N) is 1. The summed E-state index contributed by atoms with van der Waals surface area (Å²) in [6.07, 6.45) is 3.66. The third-order valence-corrected chi connectivity index (χ3v) is 4.96. The molecule has 1 heterocycles. The van der Waals surface area contributed by atoms with Crippen LogP contribution in [0.4, 0.5) is 5.69 Å². The number of hydrogen-bond donors (Lipinski definition) is 2. The molecular formula is C23H37N3O2. The number of pyridine rings is 1. The van der Waals surface area contributed by atoms with Gasteiger partial charge in [-0.1, -0.05) is 33.8 Å². The van der Waals surface area contributed by atoms with Crippen LogP contribution in [-0.4, -0.2) is 54.4 Å². The average molecular weight is 388 g/mol. The van der Waals surface area contributed by atoms with Crippen molar-refractivity contribution in [2.24, 2.45) is 11.8 Å². The van der Waals surface area contributed by atoms with Crippen molar-refractivity contribution in [1.82, 2.24) is 9.88 Å². The number of hydrogen-bond acceptors (Lipinski definition) is 5. The van der Waals surface area contributed by atoms with E-state index in [0.717, 1.165) is 48.3 Å². The highest BCUT2D eigenvalue weighted by molar-refractivity contribution is 5.91. The van der Waals surface area contributed by atoms with Crippen LogP contribution in [0.5, 0.6) is 5.75 Å². The second kappa shape index (κ2) is 11.2. The quantitative estimate of drug-likeness (QED) is 0.565. The van der Waals surface area contributed by atoms with Crippen LogP contribution >= 0.6 is 0 Å². The van der Waals surface area contributed by atoms with Gasteiger partial charge in [0.1, 0.15) is 5.75 Å². The number of benzene rings is 1. The second-order valence-corrected chi connectivity index (χ2v) is 8.45. The molecule has 0 radical (unpaired) electrons. The standard InChI is InChI=1S/C23H37N3O2/c1-17(2)8-11-26(12-9-18(3)4)16-20(27)15-25-22-14-21(28-5)13-19-7-6-10-24-23(19)22/h6-7,10,13-14,17-18,20,25,27H,8-9,11-12,15-16H2,1-5H3. The predicted octanol–water partition coefficient (Wildman–Crippen LogP) is 4.41. The van der Waals surface area contributed by atoms with Gasteiger partial charge in [0, 0.05) is 30.7 Å². The van der Waals surface area contributed by atoms with Gasteiger partial charge in [-0.05, 0) is 49.9 Å². The Labute approximate surface area is 170 Å². The van der Waals surface area contributed by atoms with E-state index in [4.69, 9.17) is 4.74 Å². The fraction of sp³-hybridized carbons (Fsp3) is 0.609. The smallest absolute Gasteiger partial charge is 0.121 e. The summed E-state index contributed by atoms with van der Waals surface area (Å²) in [5.74, 6) is 2.13. The molecule has 1 atom stereocenters. The average Bonchev–Trinajstić information content (AvgIpc) is 2.67. The van der Waals surface area contributed by atoms with Gasteiger partial charge in [-0.2, -0.15) is 0 Å². The lowest BCUT2D eigenvalue weighted by Gasteiger charge is -2.27. The molecule has 5 heteroatoms. The van der Waals surface area contributed by atoms with Crippen molar-refractivity contribution in [3.8, 4) is 5.75 Å². The van der Waals surface area contributed by atoms with Crippen molar-refractivity contribution in [2.45, 2.75) is 46.6 Å². The minimum atomic E-state index is -0.440. The highest BCUT2D eigenvalue weighted by Crippen LogP contribution is 2.27. The van der Waals surface area contributed by atoms with E-state index in [9.17, 15) is 5.11 Å². The van der Waals surface area contributed by atoms with E-state index in [0.29, 0.717) is 24.9 Å². The molecule has 2 aromatic rings. The molecule has 0 fully saturated rings. The molecule has 0 aliphatic carbocycles. The number of methoxy groups -OCH3 is 1. The lowest BCUT2D eigenvalue weighted by Crippen LogP contribution is -2.38. The number of aliphatic hydroxyl groups excluding tert-OH is 1. The van der Waals surface area contributed by atoms with E-state index < -0.39 is 6.10 Å². The van der Waals surface area contributed by atoms with Crippen molar-refractivity contribution < 1.29 is 9.84 Å². The number of anilines is 1. The summed E-state index contributed by atoms with van der Waals surface area (Å²) in [6.45, 7) is 12.2. The molecule has 2 N–H and O–H groups in total. The fourth-order valence-electron chi connectivity index (χ4n) is 3.18. The maximum atomic E-state index is 10.7. The van der Waals surface area contributed by atoms with Gasteiger partial charge < -0.3 is 20.1 Å². The third kappa shape index (κ3) is 7.28. The molecular weight excluding hydrogens is 350 g/mol. The molecule has 0 spiro atoms. The summed E-state index contributed by atoms with van der Waals surface area (Å²) in [7, 11) is 1.66. The van der Waals surface area contributed by atoms with Crippen LogP contribution in [0.25, 0.3) is 10.9 Å². The summed E-state index contributed by atoms with van der Waals surface area (Å²) in [5.41, 5.74) is 1.79. The Morgan fingerprint density at radius 2 is 1.79 bits per heavy atom. The zero-order chi connectivity index (χ0) is 20.5. The number of rotatable bonds is 12. The van der Waals surface area contributed by atoms with E-state index >= 15 is 0 Å². The first kappa shape index (κ1) is 22.4. The summed E-state index contributed by atoms with van der Waals surface area (Å²) < 4.78 is 5.40. The third-order valence-electron chi connectivity index (χ3n) is 4.96. The van der Waals surface area contributed by atoms with Crippen molar-refractivity contribution in [1.29, 1.82) is 0 Å². The van der Waals surface area contributed by atoms with Gasteiger partial charge in [0.15, 0.2) is 0 Å². The molecule has 28 heavy (non-hydrogen) atoms. The van der Waals surface area contributed by atoms with E-state index in [1.807, 2.05) is 24.3 Å². The maximum absolute atomic E-state index is 10.7. The summed E-state index contributed by atoms with van der Waals surface area (Å²) in [5, 5.41) is 15.1. The number of aliphatic hydroxyl groups is 1. The SMILES string of the molecule is COc1cc(NCC(O)CN(CCC(C)C)CCC(C)C)c2ncccc2c1. The number of fused-ring (bicyclic) bond motifs is 1. The first-order valence-corrected chi connectivity index (χ1v) is 10.5. The maximum Gasteiger partial charge on any atom is 0.121 e. The van der Waals surface area contributed by atoms with E-state index in [2.05, 4.69) is 42.9 Å². The van der Waals surface area contributed by atoms with Gasteiger partial charge in [-0.25, -0.2) is 0 Å². The van der Waals surface area contributed by atoms with E-state index in [-0.39, 0.29) is 0 Å². The van der Waals surface area contributed by atoms with Crippen LogP contribution in [0.2, 0.25) is 0 Å². The van der Waals surface area contributed by atoms with Gasteiger partial charge in [-0.15, -0.1) is 0 Å². The molecule has 2 rings (SSSR count). The first-order chi connectivity index (χ1) is 13.4. The van der Waals surface area contributed by atoms with E-state index in [1.165, 1.54) is 0 Å². The minimum Gasteiger partial charge on any atom is -0.497 e. The fourth-order valence-corrected chi connectivity index (χ4v) is 3.18. The lowest BCUT2D eigenvalue weighted by atomic mass is 10.1. The van der Waals surface area contributed by atoms with Gasteiger partial charge >= 0.3 is 0 Å². The Hall–Kier alpha value is -1.85. The summed E-state index contributed by atoms with van der Waals surface area (Å²) in [6, 6.07) is 7.86. The lowest BCUT2D eigenvalue weighted by molar-refractivity contribution is 0.115. The van der Waals surface area contributed by atoms with Gasteiger partial charge in [-0.3, -0.25) is 4.98 Å². The molecule has 1 aromatic carbocycles. The largest absolute Gasteiger partial charge is 0.497 e. The van der Waals surface area contributed by atoms with Gasteiger partial charge in [0.05, 0.1) is 24.4 Å². The van der Waals surface area contributed by atoms with Crippen molar-refractivity contribution in [3.05, 3.63) is 30.5 Å². The van der Waals surface area contributed by atoms with E-state index in [1.54, 1.807) is 13.3 Å². The summed E-state index contributed by atoms with van der Waals surface area (Å²) in [4.78, 5) is 6.88. The number of nitrogens with zero attached hydrogens (tertiary/aromatic N) is 2. The highest BCUT2D eigenvalue weighted by Gasteiger charge is 2.14. The molecule has 0 saturated carbocycles. The molecule has 156 valence electrons. The predicted molar refractivity (Wildman–Crippen MR) is 118 cm³/mol. The number of aromatic nitrogens is 1. The highest BCUT2D eigenvalue weighted by atomic mass is 16.5. The zero-order valence-corrected chi connectivity index (χ0v) is 18.1. The first-order valence-electron chi connectivity index (χ1n) is 10.5. The molecule has 5 nitrogen and oxygen atoms in total. The van der Waals surface area contributed by atoms with Crippen LogP contribution in [-0.2, 0) is 0 Å². The monoisotopic (exact) mass is 387 g/mol. The Morgan fingerprint density at radius 3 is 2.39 bits per heavy atom. The molecule has 0 aliphatic heterocycles. The molecule has 1 aromatic heterocycles. The molecule has 0 aliphatic rings. The van der Waals surface area contributed by atoms with Crippen LogP contribution < -0.4 is 10.1 Å². The normalized spacial score (nSPS) is 12.9. The topological polar surface area (TPSA) is 57.6 Å². The zero-order valence-electron chi connectivity index (χ0n) is 18.1. The molecule has 1 unspecified atom stereocenters. The van der Waals surface area contributed by atoms with Gasteiger partial charge in [0.2, 0.25) is 0 Å². The Kier molecular flexibility index (Phi) is 9.00. The number of ether oxygens (including phenoxy) is 1. The van der Waals surface area contributed by atoms with Crippen molar-refractivity contribution in [3.63, 3.8) is 0 Å². The van der Waals surface area contributed by atoms with Crippen molar-refractivity contribution >= 4 is 16.6 Å². The summed E-state index contributed by atoms with van der Waals surface area (Å²) >= 11 is 0. The Morgan fingerprint density at radius 1 is 1.11 bits per heavy atom. The van der Waals surface area contributed by atoms with Crippen LogP contribution in [0.1, 0.15) is 40.5 Å². The Bertz CT molecular complexity index is 706. The van der Waals surface area contributed by atoms with Crippen LogP contribution in [0, 0.1) is 11.8 Å². The molecule has 0 amide bonds. The molecule has 0 bridgehead atoms. The van der Waals surface area contributed by atoms with Crippen molar-refractivity contribution in [2.75, 3.05) is 38.6 Å². The van der Waals surface area contributed by atoms with Crippen LogP contribution in [0.15, 0.2) is 30.5 Å². The van der Waals surface area contributed by atoms with Gasteiger partial charge in [0.25, 0.3) is 0 Å². The molecule has 0 saturated heterocycles. The second-order valence-electron chi connectivity index (χ2n) is 8.45. The minimum absolute atomic E-state index is 0.440.